The molecule has 1 aliphatic carbocycles. The average Bonchev–Trinajstić information content (AvgIpc) is 2.93. The van der Waals surface area contributed by atoms with Crippen molar-refractivity contribution < 1.29 is 17.9 Å². The Hall–Kier alpha value is -0.620. The van der Waals surface area contributed by atoms with E-state index in [0.29, 0.717) is 18.9 Å². The molecule has 0 aromatic carbocycles. The summed E-state index contributed by atoms with van der Waals surface area (Å²) in [4.78, 5) is 11.5. The van der Waals surface area contributed by atoms with Crippen molar-refractivity contribution in [3.05, 3.63) is 0 Å². The van der Waals surface area contributed by atoms with Gasteiger partial charge in [-0.15, -0.1) is 0 Å². The van der Waals surface area contributed by atoms with Crippen molar-refractivity contribution in [2.24, 2.45) is 5.92 Å². The lowest BCUT2D eigenvalue weighted by atomic mass is 10.1. The first-order valence-corrected chi connectivity index (χ1v) is 8.47. The molecule has 5 nitrogen and oxygen atoms in total. The highest BCUT2D eigenvalue weighted by atomic mass is 32.2. The van der Waals surface area contributed by atoms with Crippen LogP contribution in [-0.2, 0) is 19.4 Å². The van der Waals surface area contributed by atoms with E-state index in [-0.39, 0.29) is 30.1 Å². The minimum absolute atomic E-state index is 0.0889. The van der Waals surface area contributed by atoms with Gasteiger partial charge in [-0.2, -0.15) is 0 Å². The van der Waals surface area contributed by atoms with Gasteiger partial charge in [0.25, 0.3) is 0 Å². The molecule has 18 heavy (non-hydrogen) atoms. The quantitative estimate of drug-likeness (QED) is 0.740. The molecule has 1 heterocycles. The first-order valence-electron chi connectivity index (χ1n) is 6.64. The molecule has 0 aromatic rings. The molecular formula is C12H21NO4S. The Morgan fingerprint density at radius 2 is 1.94 bits per heavy atom. The predicted octanol–water partition coefficient (Wildman–Crippen LogP) is 0.496. The number of rotatable bonds is 5. The maximum atomic E-state index is 11.5. The molecule has 0 bridgehead atoms. The first-order chi connectivity index (χ1) is 8.55. The molecule has 0 amide bonds. The van der Waals surface area contributed by atoms with Crippen molar-refractivity contribution >= 4 is 15.8 Å². The molecule has 1 aliphatic heterocycles. The highest BCUT2D eigenvalue weighted by Crippen LogP contribution is 2.24. The molecule has 2 rings (SSSR count). The topological polar surface area (TPSA) is 72.5 Å². The van der Waals surface area contributed by atoms with Crippen molar-refractivity contribution in [3.63, 3.8) is 0 Å². The molecule has 2 fully saturated rings. The van der Waals surface area contributed by atoms with E-state index >= 15 is 0 Å². The molecule has 6 heteroatoms. The van der Waals surface area contributed by atoms with E-state index in [4.69, 9.17) is 4.74 Å². The highest BCUT2D eigenvalue weighted by Gasteiger charge is 2.28. The van der Waals surface area contributed by atoms with Crippen molar-refractivity contribution in [2.75, 3.05) is 24.7 Å². The zero-order chi connectivity index (χ0) is 13.0. The van der Waals surface area contributed by atoms with Crippen LogP contribution < -0.4 is 5.32 Å². The van der Waals surface area contributed by atoms with E-state index in [1.807, 2.05) is 0 Å². The lowest BCUT2D eigenvalue weighted by molar-refractivity contribution is -0.144. The third-order valence-corrected chi connectivity index (χ3v) is 5.49. The molecule has 2 aliphatic rings. The number of ether oxygens (including phenoxy) is 1. The Bertz CT molecular complexity index is 387. The van der Waals surface area contributed by atoms with Gasteiger partial charge in [0.2, 0.25) is 0 Å². The van der Waals surface area contributed by atoms with Gasteiger partial charge in [-0.05, 0) is 25.2 Å². The van der Waals surface area contributed by atoms with E-state index < -0.39 is 9.84 Å². The van der Waals surface area contributed by atoms with Crippen LogP contribution in [0.15, 0.2) is 0 Å². The summed E-state index contributed by atoms with van der Waals surface area (Å²) < 4.78 is 27.6. The van der Waals surface area contributed by atoms with Crippen LogP contribution in [0.1, 0.15) is 32.1 Å². The molecule has 1 saturated heterocycles. The minimum Gasteiger partial charge on any atom is -0.464 e. The van der Waals surface area contributed by atoms with Crippen molar-refractivity contribution in [2.45, 2.75) is 38.1 Å². The second-order valence-electron chi connectivity index (χ2n) is 5.31. The van der Waals surface area contributed by atoms with Crippen LogP contribution in [0.2, 0.25) is 0 Å². The number of nitrogens with one attached hydrogen (secondary N) is 1. The molecule has 0 radical (unpaired) electrons. The van der Waals surface area contributed by atoms with Crippen molar-refractivity contribution in [1.29, 1.82) is 0 Å². The smallest absolute Gasteiger partial charge is 0.319 e. The monoisotopic (exact) mass is 275 g/mol. The Labute approximate surface area is 108 Å². The Kier molecular flexibility index (Phi) is 4.61. The SMILES string of the molecule is O=C(CNC1CCS(=O)(=O)C1)OCC1CCCC1. The van der Waals surface area contributed by atoms with Crippen molar-refractivity contribution in [1.82, 2.24) is 5.32 Å². The van der Waals surface area contributed by atoms with Crippen LogP contribution in [-0.4, -0.2) is 45.1 Å². The van der Waals surface area contributed by atoms with Crippen LogP contribution >= 0.6 is 0 Å². The van der Waals surface area contributed by atoms with Crippen LogP contribution in [0.5, 0.6) is 0 Å². The van der Waals surface area contributed by atoms with E-state index in [0.717, 1.165) is 12.8 Å². The molecule has 1 unspecified atom stereocenters. The minimum atomic E-state index is -2.88. The second kappa shape index (κ2) is 6.02. The summed E-state index contributed by atoms with van der Waals surface area (Å²) in [5.74, 6) is 0.622. The molecule has 1 saturated carbocycles. The third-order valence-electron chi connectivity index (χ3n) is 3.72. The fourth-order valence-electron chi connectivity index (χ4n) is 2.62. The first kappa shape index (κ1) is 13.8. The maximum Gasteiger partial charge on any atom is 0.319 e. The van der Waals surface area contributed by atoms with Gasteiger partial charge in [0, 0.05) is 6.04 Å². The normalized spacial score (nSPS) is 27.4. The zero-order valence-corrected chi connectivity index (χ0v) is 11.4. The lowest BCUT2D eigenvalue weighted by Gasteiger charge is -2.12. The summed E-state index contributed by atoms with van der Waals surface area (Å²) in [6.07, 6.45) is 5.38. The largest absolute Gasteiger partial charge is 0.464 e. The van der Waals surface area contributed by atoms with Gasteiger partial charge in [-0.3, -0.25) is 4.79 Å². The maximum absolute atomic E-state index is 11.5. The van der Waals surface area contributed by atoms with Gasteiger partial charge >= 0.3 is 5.97 Å². The van der Waals surface area contributed by atoms with E-state index in [1.165, 1.54) is 12.8 Å². The van der Waals surface area contributed by atoms with E-state index in [1.54, 1.807) is 0 Å². The van der Waals surface area contributed by atoms with Gasteiger partial charge < -0.3 is 10.1 Å². The van der Waals surface area contributed by atoms with Crippen molar-refractivity contribution in [3.8, 4) is 0 Å². The second-order valence-corrected chi connectivity index (χ2v) is 7.54. The summed E-state index contributed by atoms with van der Waals surface area (Å²) in [5, 5.41) is 2.96. The summed E-state index contributed by atoms with van der Waals surface area (Å²) in [6, 6.07) is -0.0889. The van der Waals surface area contributed by atoms with E-state index in [2.05, 4.69) is 5.32 Å². The lowest BCUT2D eigenvalue weighted by Crippen LogP contribution is -2.35. The fourth-order valence-corrected chi connectivity index (χ4v) is 4.33. The molecule has 1 atom stereocenters. The third kappa shape index (κ3) is 4.24. The number of sulfone groups is 1. The molecule has 104 valence electrons. The summed E-state index contributed by atoms with van der Waals surface area (Å²) >= 11 is 0. The fraction of sp³-hybridized carbons (Fsp3) is 0.917. The molecule has 0 spiro atoms. The van der Waals surface area contributed by atoms with Crippen LogP contribution in [0, 0.1) is 5.92 Å². The molecule has 0 aromatic heterocycles. The number of hydrogen-bond acceptors (Lipinski definition) is 5. The van der Waals surface area contributed by atoms with Gasteiger partial charge in [0.15, 0.2) is 9.84 Å². The zero-order valence-electron chi connectivity index (χ0n) is 10.6. The predicted molar refractivity (Wildman–Crippen MR) is 68.0 cm³/mol. The van der Waals surface area contributed by atoms with Crippen LogP contribution in [0.4, 0.5) is 0 Å². The summed E-state index contributed by atoms with van der Waals surface area (Å²) in [5.41, 5.74) is 0. The van der Waals surface area contributed by atoms with Gasteiger partial charge in [-0.1, -0.05) is 12.8 Å². The Morgan fingerprint density at radius 3 is 2.56 bits per heavy atom. The average molecular weight is 275 g/mol. The standard InChI is InChI=1S/C12H21NO4S/c14-12(17-8-10-3-1-2-4-10)7-13-11-5-6-18(15,16)9-11/h10-11,13H,1-9H2. The van der Waals surface area contributed by atoms with E-state index in [9.17, 15) is 13.2 Å². The van der Waals surface area contributed by atoms with Crippen LogP contribution in [0.3, 0.4) is 0 Å². The highest BCUT2D eigenvalue weighted by molar-refractivity contribution is 7.91. The summed E-state index contributed by atoms with van der Waals surface area (Å²) in [7, 11) is -2.88. The number of carbonyl (C=O) groups excluding carboxylic acids is 1. The number of esters is 1. The van der Waals surface area contributed by atoms with Crippen LogP contribution in [0.25, 0.3) is 0 Å². The molecule has 1 N–H and O–H groups in total. The molecular weight excluding hydrogens is 254 g/mol. The summed E-state index contributed by atoms with van der Waals surface area (Å²) in [6.45, 7) is 0.635. The van der Waals surface area contributed by atoms with Gasteiger partial charge in [-0.25, -0.2) is 8.42 Å². The number of carbonyl (C=O) groups is 1. The Morgan fingerprint density at radius 1 is 1.22 bits per heavy atom. The van der Waals surface area contributed by atoms with Gasteiger partial charge in [0.1, 0.15) is 0 Å². The van der Waals surface area contributed by atoms with Gasteiger partial charge in [0.05, 0.1) is 24.7 Å². The number of hydrogen-bond donors (Lipinski definition) is 1. The Balaban J connectivity index is 1.60.